The highest BCUT2D eigenvalue weighted by molar-refractivity contribution is 7.21. The molecule has 0 saturated carbocycles. The van der Waals surface area contributed by atoms with Gasteiger partial charge in [0, 0.05) is 16.1 Å². The van der Waals surface area contributed by atoms with Crippen LogP contribution in [0.3, 0.4) is 0 Å². The summed E-state index contributed by atoms with van der Waals surface area (Å²) in [6.45, 7) is 5.41. The first-order valence-electron chi connectivity index (χ1n) is 5.44. The van der Waals surface area contributed by atoms with Gasteiger partial charge in [0.05, 0.1) is 5.69 Å². The number of halogens is 1. The molecule has 1 aromatic carbocycles. The molecule has 5 heteroatoms. The molecule has 0 radical (unpaired) electrons. The summed E-state index contributed by atoms with van der Waals surface area (Å²) in [5.41, 5.74) is 6.21. The van der Waals surface area contributed by atoms with Crippen LogP contribution in [0, 0.1) is 5.82 Å². The molecule has 0 bridgehead atoms. The lowest BCUT2D eigenvalue weighted by molar-refractivity contribution is 0.0952. The van der Waals surface area contributed by atoms with Gasteiger partial charge in [-0.05, 0) is 25.1 Å². The van der Waals surface area contributed by atoms with Crippen molar-refractivity contribution in [2.24, 2.45) is 0 Å². The molecule has 1 heterocycles. The van der Waals surface area contributed by atoms with Gasteiger partial charge in [0.15, 0.2) is 0 Å². The van der Waals surface area contributed by atoms with Crippen LogP contribution in [0.5, 0.6) is 0 Å². The van der Waals surface area contributed by atoms with E-state index >= 15 is 0 Å². The van der Waals surface area contributed by atoms with Crippen LogP contribution in [0.15, 0.2) is 30.9 Å². The minimum atomic E-state index is -0.363. The van der Waals surface area contributed by atoms with Crippen molar-refractivity contribution in [1.82, 2.24) is 5.32 Å². The Morgan fingerprint density at radius 1 is 1.61 bits per heavy atom. The number of carbonyl (C=O) groups is 1. The lowest BCUT2D eigenvalue weighted by atomic mass is 10.2. The Balaban J connectivity index is 2.42. The van der Waals surface area contributed by atoms with Crippen molar-refractivity contribution < 1.29 is 9.18 Å². The van der Waals surface area contributed by atoms with Gasteiger partial charge in [0.2, 0.25) is 0 Å². The Labute approximate surface area is 108 Å². The van der Waals surface area contributed by atoms with Crippen LogP contribution in [0.25, 0.3) is 10.1 Å². The molecule has 3 N–H and O–H groups in total. The quantitative estimate of drug-likeness (QED) is 0.837. The van der Waals surface area contributed by atoms with Gasteiger partial charge in [-0.1, -0.05) is 6.08 Å². The smallest absolute Gasteiger partial charge is 0.263 e. The maximum absolute atomic E-state index is 13.1. The normalized spacial score (nSPS) is 12.3. The highest BCUT2D eigenvalue weighted by atomic mass is 32.1. The van der Waals surface area contributed by atoms with Gasteiger partial charge in [-0.25, -0.2) is 4.39 Å². The molecular weight excluding hydrogens is 251 g/mol. The van der Waals surface area contributed by atoms with Crippen molar-refractivity contribution in [2.75, 3.05) is 5.73 Å². The van der Waals surface area contributed by atoms with Crippen LogP contribution in [-0.2, 0) is 0 Å². The molecule has 1 unspecified atom stereocenters. The Kier molecular flexibility index (Phi) is 3.34. The summed E-state index contributed by atoms with van der Waals surface area (Å²) in [4.78, 5) is 12.4. The van der Waals surface area contributed by atoms with Crippen molar-refractivity contribution in [3.8, 4) is 0 Å². The fraction of sp³-hybridized carbons (Fsp3) is 0.154. The number of hydrogen-bond donors (Lipinski definition) is 2. The second kappa shape index (κ2) is 4.78. The number of hydrogen-bond acceptors (Lipinski definition) is 3. The molecule has 0 aliphatic carbocycles. The Morgan fingerprint density at radius 3 is 3.00 bits per heavy atom. The van der Waals surface area contributed by atoms with E-state index < -0.39 is 0 Å². The summed E-state index contributed by atoms with van der Waals surface area (Å²) in [6.07, 6.45) is 1.63. The molecule has 0 spiro atoms. The number of fused-ring (bicyclic) bond motifs is 1. The Bertz CT molecular complexity index is 621. The number of thiophene rings is 1. The SMILES string of the molecule is C=CC(C)NC(=O)c1sc2ccc(F)cc2c1N. The summed E-state index contributed by atoms with van der Waals surface area (Å²) in [6, 6.07) is 4.18. The van der Waals surface area contributed by atoms with Crippen LogP contribution in [-0.4, -0.2) is 11.9 Å². The number of anilines is 1. The number of amides is 1. The van der Waals surface area contributed by atoms with Gasteiger partial charge in [-0.2, -0.15) is 0 Å². The van der Waals surface area contributed by atoms with Gasteiger partial charge in [-0.3, -0.25) is 4.79 Å². The lowest BCUT2D eigenvalue weighted by Gasteiger charge is -2.07. The predicted octanol–water partition coefficient (Wildman–Crippen LogP) is 2.93. The largest absolute Gasteiger partial charge is 0.397 e. The maximum atomic E-state index is 13.1. The number of rotatable bonds is 3. The van der Waals surface area contributed by atoms with E-state index in [0.717, 1.165) is 4.70 Å². The molecule has 1 amide bonds. The average Bonchev–Trinajstić information content (AvgIpc) is 2.66. The Hall–Kier alpha value is -1.88. The number of nitrogens with two attached hydrogens (primary N) is 1. The van der Waals surface area contributed by atoms with E-state index in [4.69, 9.17) is 5.73 Å². The van der Waals surface area contributed by atoms with Gasteiger partial charge in [0.25, 0.3) is 5.91 Å². The molecule has 0 aliphatic rings. The highest BCUT2D eigenvalue weighted by Gasteiger charge is 2.17. The number of nitrogens with one attached hydrogen (secondary N) is 1. The molecule has 1 aromatic heterocycles. The minimum absolute atomic E-state index is 0.140. The summed E-state index contributed by atoms with van der Waals surface area (Å²) in [7, 11) is 0. The van der Waals surface area contributed by atoms with E-state index in [1.807, 2.05) is 6.92 Å². The summed E-state index contributed by atoms with van der Waals surface area (Å²) in [5.74, 6) is -0.625. The molecule has 2 rings (SSSR count). The zero-order valence-electron chi connectivity index (χ0n) is 9.87. The van der Waals surface area contributed by atoms with Gasteiger partial charge < -0.3 is 11.1 Å². The molecule has 0 saturated heterocycles. The monoisotopic (exact) mass is 264 g/mol. The van der Waals surface area contributed by atoms with Gasteiger partial charge in [-0.15, -0.1) is 17.9 Å². The molecular formula is C13H13FN2OS. The molecule has 0 aliphatic heterocycles. The highest BCUT2D eigenvalue weighted by Crippen LogP contribution is 2.33. The van der Waals surface area contributed by atoms with Crippen molar-refractivity contribution in [2.45, 2.75) is 13.0 Å². The van der Waals surface area contributed by atoms with Crippen molar-refractivity contribution in [3.05, 3.63) is 41.5 Å². The summed E-state index contributed by atoms with van der Waals surface area (Å²) in [5, 5.41) is 3.32. The summed E-state index contributed by atoms with van der Waals surface area (Å²) < 4.78 is 13.9. The predicted molar refractivity (Wildman–Crippen MR) is 73.3 cm³/mol. The van der Waals surface area contributed by atoms with Crippen LogP contribution in [0.1, 0.15) is 16.6 Å². The van der Waals surface area contributed by atoms with E-state index in [0.29, 0.717) is 16.0 Å². The van der Waals surface area contributed by atoms with Crippen LogP contribution in [0.2, 0.25) is 0 Å². The molecule has 0 fully saturated rings. The second-order valence-corrected chi connectivity index (χ2v) is 5.04. The first-order valence-corrected chi connectivity index (χ1v) is 6.25. The van der Waals surface area contributed by atoms with E-state index in [9.17, 15) is 9.18 Å². The lowest BCUT2D eigenvalue weighted by Crippen LogP contribution is -2.30. The maximum Gasteiger partial charge on any atom is 0.263 e. The van der Waals surface area contributed by atoms with Crippen LogP contribution >= 0.6 is 11.3 Å². The second-order valence-electron chi connectivity index (χ2n) is 3.98. The fourth-order valence-electron chi connectivity index (χ4n) is 1.59. The van der Waals surface area contributed by atoms with Crippen molar-refractivity contribution in [1.29, 1.82) is 0 Å². The van der Waals surface area contributed by atoms with Gasteiger partial charge >= 0.3 is 0 Å². The van der Waals surface area contributed by atoms with Crippen LogP contribution < -0.4 is 11.1 Å². The van der Waals surface area contributed by atoms with E-state index in [2.05, 4.69) is 11.9 Å². The van der Waals surface area contributed by atoms with Crippen LogP contribution in [0.4, 0.5) is 10.1 Å². The number of nitrogen functional groups attached to an aromatic ring is 1. The standard InChI is InChI=1S/C13H13FN2OS/c1-3-7(2)16-13(17)12-11(15)9-6-8(14)4-5-10(9)18-12/h3-7H,1,15H2,2H3,(H,16,17). The van der Waals surface area contributed by atoms with Crippen molar-refractivity contribution >= 4 is 33.0 Å². The van der Waals surface area contributed by atoms with E-state index in [-0.39, 0.29) is 17.8 Å². The molecule has 94 valence electrons. The summed E-state index contributed by atoms with van der Waals surface area (Å²) >= 11 is 1.26. The zero-order chi connectivity index (χ0) is 13.3. The van der Waals surface area contributed by atoms with Gasteiger partial charge in [0.1, 0.15) is 10.7 Å². The third-order valence-corrected chi connectivity index (χ3v) is 3.79. The third-order valence-electron chi connectivity index (χ3n) is 2.61. The average molecular weight is 264 g/mol. The van der Waals surface area contributed by atoms with E-state index in [1.54, 1.807) is 12.1 Å². The minimum Gasteiger partial charge on any atom is -0.397 e. The third kappa shape index (κ3) is 2.22. The number of carbonyl (C=O) groups excluding carboxylic acids is 1. The Morgan fingerprint density at radius 2 is 2.33 bits per heavy atom. The van der Waals surface area contributed by atoms with Crippen molar-refractivity contribution in [3.63, 3.8) is 0 Å². The topological polar surface area (TPSA) is 55.1 Å². The molecule has 1 atom stereocenters. The first-order chi connectivity index (χ1) is 8.52. The zero-order valence-corrected chi connectivity index (χ0v) is 10.7. The van der Waals surface area contributed by atoms with E-state index in [1.165, 1.54) is 23.5 Å². The number of benzene rings is 1. The molecule has 3 nitrogen and oxygen atoms in total. The molecule has 2 aromatic rings. The first kappa shape index (κ1) is 12.6. The fourth-order valence-corrected chi connectivity index (χ4v) is 2.60. The molecule has 18 heavy (non-hydrogen) atoms.